The first-order valence-corrected chi connectivity index (χ1v) is 5.85. The second-order valence-corrected chi connectivity index (χ2v) is 4.50. The van der Waals surface area contributed by atoms with Crippen molar-refractivity contribution in [2.75, 3.05) is 5.75 Å². The number of halogens is 1. The van der Waals surface area contributed by atoms with Crippen LogP contribution in [0.15, 0.2) is 35.4 Å². The van der Waals surface area contributed by atoms with Gasteiger partial charge in [0, 0.05) is 5.75 Å². The van der Waals surface area contributed by atoms with Crippen LogP contribution in [0.1, 0.15) is 12.5 Å². The van der Waals surface area contributed by atoms with E-state index >= 15 is 0 Å². The number of benzene rings is 1. The van der Waals surface area contributed by atoms with Crippen molar-refractivity contribution in [3.8, 4) is 0 Å². The number of hydrazone groups is 1. The van der Waals surface area contributed by atoms with Crippen LogP contribution in [-0.2, 0) is 6.54 Å². The van der Waals surface area contributed by atoms with Crippen molar-refractivity contribution >= 4 is 22.6 Å². The minimum absolute atomic E-state index is 0. The summed E-state index contributed by atoms with van der Waals surface area (Å²) in [5, 5.41) is 5.21. The van der Waals surface area contributed by atoms with Crippen LogP contribution in [0.3, 0.4) is 0 Å². The third-order valence-electron chi connectivity index (χ3n) is 2.15. The molecule has 1 aliphatic rings. The maximum absolute atomic E-state index is 5.89. The van der Waals surface area contributed by atoms with Gasteiger partial charge in [0.2, 0.25) is 0 Å². The molecule has 3 nitrogen and oxygen atoms in total. The van der Waals surface area contributed by atoms with Crippen molar-refractivity contribution in [1.82, 2.24) is 0 Å². The maximum atomic E-state index is 5.89. The van der Waals surface area contributed by atoms with E-state index in [1.54, 1.807) is 11.8 Å². The van der Waals surface area contributed by atoms with Crippen LogP contribution in [0.4, 0.5) is 0 Å². The van der Waals surface area contributed by atoms with Crippen LogP contribution < -0.4 is 22.7 Å². The zero-order chi connectivity index (χ0) is 10.7. The molecule has 5 heteroatoms. The van der Waals surface area contributed by atoms with Gasteiger partial charge in [-0.05, 0) is 24.2 Å². The molecule has 1 heterocycles. The second kappa shape index (κ2) is 6.06. The Balaban J connectivity index is 0.00000128. The number of hydrogen-bond donors (Lipinski definition) is 1. The van der Waals surface area contributed by atoms with Crippen molar-refractivity contribution in [1.29, 1.82) is 0 Å². The highest BCUT2D eigenvalue weighted by Crippen LogP contribution is 2.10. The summed E-state index contributed by atoms with van der Waals surface area (Å²) < 4.78 is 1.86. The lowest BCUT2D eigenvalue weighted by Gasteiger charge is -2.09. The predicted molar refractivity (Wildman–Crippen MR) is 65.2 cm³/mol. The van der Waals surface area contributed by atoms with E-state index in [4.69, 9.17) is 5.73 Å². The summed E-state index contributed by atoms with van der Waals surface area (Å²) in [5.74, 6) is 0.900. The third-order valence-corrected chi connectivity index (χ3v) is 3.22. The number of amidine groups is 1. The zero-order valence-corrected chi connectivity index (χ0v) is 11.5. The Hall–Kier alpha value is -0.810. The summed E-state index contributed by atoms with van der Waals surface area (Å²) >= 11 is 1.64. The molecule has 0 fully saturated rings. The van der Waals surface area contributed by atoms with Crippen LogP contribution >= 0.6 is 11.8 Å². The van der Waals surface area contributed by atoms with E-state index in [-0.39, 0.29) is 17.0 Å². The van der Waals surface area contributed by atoms with Gasteiger partial charge in [-0.15, -0.1) is 4.68 Å². The molecule has 0 saturated carbocycles. The molecule has 1 aromatic rings. The molecule has 0 aromatic heterocycles. The van der Waals surface area contributed by atoms with E-state index in [2.05, 4.69) is 17.2 Å². The average molecular weight is 300 g/mol. The van der Waals surface area contributed by atoms with Crippen LogP contribution in [0.5, 0.6) is 0 Å². The monoisotopic (exact) mass is 299 g/mol. The third kappa shape index (κ3) is 3.35. The Morgan fingerprint density at radius 2 is 2.06 bits per heavy atom. The minimum Gasteiger partial charge on any atom is -1.00 e. The average Bonchev–Trinajstić information content (AvgIpc) is 2.25. The first kappa shape index (κ1) is 13.3. The molecule has 0 amide bonds. The molecule has 0 bridgehead atoms. The van der Waals surface area contributed by atoms with E-state index in [1.165, 1.54) is 5.56 Å². The van der Waals surface area contributed by atoms with Gasteiger partial charge in [-0.3, -0.25) is 5.73 Å². The lowest BCUT2D eigenvalue weighted by atomic mass is 10.2. The fourth-order valence-electron chi connectivity index (χ4n) is 1.41. The molecule has 16 heavy (non-hydrogen) atoms. The Morgan fingerprint density at radius 1 is 1.38 bits per heavy atom. The number of nitrogens with zero attached hydrogens (tertiary/aromatic N) is 2. The Bertz CT molecular complexity index is 414. The highest BCUT2D eigenvalue weighted by atomic mass is 79.9. The first-order chi connectivity index (χ1) is 7.25. The van der Waals surface area contributed by atoms with Gasteiger partial charge < -0.3 is 17.0 Å². The molecular weight excluding hydrogens is 286 g/mol. The molecule has 0 aliphatic carbocycles. The first-order valence-electron chi connectivity index (χ1n) is 4.86. The van der Waals surface area contributed by atoms with Gasteiger partial charge >= 0.3 is 5.17 Å². The van der Waals surface area contributed by atoms with Crippen molar-refractivity contribution in [3.63, 3.8) is 0 Å². The largest absolute Gasteiger partial charge is 1.00 e. The van der Waals surface area contributed by atoms with Crippen molar-refractivity contribution in [2.45, 2.75) is 13.5 Å². The zero-order valence-electron chi connectivity index (χ0n) is 9.06. The number of nitrogens with two attached hydrogens (primary N) is 1. The van der Waals surface area contributed by atoms with Gasteiger partial charge in [-0.1, -0.05) is 35.4 Å². The van der Waals surface area contributed by atoms with Gasteiger partial charge in [-0.25, -0.2) is 0 Å². The van der Waals surface area contributed by atoms with E-state index in [0.29, 0.717) is 0 Å². The van der Waals surface area contributed by atoms with Crippen LogP contribution in [0, 0.1) is 0 Å². The molecule has 0 unspecified atom stereocenters. The summed E-state index contributed by atoms with van der Waals surface area (Å²) in [5.41, 5.74) is 8.23. The molecule has 0 spiro atoms. The predicted octanol–water partition coefficient (Wildman–Crippen LogP) is -1.36. The van der Waals surface area contributed by atoms with Crippen molar-refractivity contribution < 1.29 is 21.7 Å². The molecule has 86 valence electrons. The van der Waals surface area contributed by atoms with Crippen LogP contribution in [-0.4, -0.2) is 21.3 Å². The minimum atomic E-state index is 0. The van der Waals surface area contributed by atoms with Gasteiger partial charge in [0.25, 0.3) is 0 Å². The maximum Gasteiger partial charge on any atom is 0.330 e. The lowest BCUT2D eigenvalue weighted by molar-refractivity contribution is -0.548. The number of rotatable bonds is 2. The molecule has 0 saturated heterocycles. The van der Waals surface area contributed by atoms with Crippen molar-refractivity contribution in [3.05, 3.63) is 35.9 Å². The van der Waals surface area contributed by atoms with Gasteiger partial charge in [0.05, 0.1) is 5.71 Å². The molecule has 2 N–H and O–H groups in total. The topological polar surface area (TPSA) is 41.4 Å². The summed E-state index contributed by atoms with van der Waals surface area (Å²) in [6.45, 7) is 2.77. The standard InChI is InChI=1S/C11H13N3S.BrH/c1-9-8-15-11(12)14(13-9)7-10-5-3-2-4-6-10;/h2-6,12H,7-8H2,1H3;1H. The highest BCUT2D eigenvalue weighted by molar-refractivity contribution is 8.14. The summed E-state index contributed by atoms with van der Waals surface area (Å²) in [4.78, 5) is 0. The molecular formula is C11H14BrN3S. The molecule has 1 aromatic carbocycles. The molecule has 0 radical (unpaired) electrons. The lowest BCUT2D eigenvalue weighted by Crippen LogP contribution is -3.00. The summed E-state index contributed by atoms with van der Waals surface area (Å²) in [6, 6.07) is 10.2. The van der Waals surface area contributed by atoms with Gasteiger partial charge in [0.15, 0.2) is 0 Å². The van der Waals surface area contributed by atoms with Gasteiger partial charge in [0.1, 0.15) is 6.54 Å². The quantitative estimate of drug-likeness (QED) is 0.686. The van der Waals surface area contributed by atoms with Crippen molar-refractivity contribution in [2.24, 2.45) is 10.8 Å². The second-order valence-electron chi connectivity index (χ2n) is 3.51. The summed E-state index contributed by atoms with van der Waals surface area (Å²) in [6.07, 6.45) is 0. The fraction of sp³-hybridized carbons (Fsp3) is 0.273. The van der Waals surface area contributed by atoms with E-state index in [1.807, 2.05) is 29.8 Å². The Kier molecular flexibility index (Phi) is 5.02. The van der Waals surface area contributed by atoms with E-state index in [9.17, 15) is 0 Å². The molecule has 1 aliphatic heterocycles. The molecule has 2 rings (SSSR count). The molecule has 0 atom stereocenters. The fourth-order valence-corrected chi connectivity index (χ4v) is 2.08. The Labute approximate surface area is 110 Å². The number of thioether (sulfide) groups is 1. The highest BCUT2D eigenvalue weighted by Gasteiger charge is 2.16. The Morgan fingerprint density at radius 3 is 2.75 bits per heavy atom. The SMILES string of the molecule is CC1=N[N+](Cc2ccccc2)=C(N)SC1.[Br-]. The van der Waals surface area contributed by atoms with E-state index < -0.39 is 0 Å². The van der Waals surface area contributed by atoms with Gasteiger partial charge in [-0.2, -0.15) is 0 Å². The van der Waals surface area contributed by atoms with E-state index in [0.717, 1.165) is 23.2 Å². The summed E-state index contributed by atoms with van der Waals surface area (Å²) in [7, 11) is 0. The van der Waals surface area contributed by atoms with Crippen LogP contribution in [0.2, 0.25) is 0 Å². The smallest absolute Gasteiger partial charge is 0.330 e. The normalized spacial score (nSPS) is 15.4. The van der Waals surface area contributed by atoms with Crippen LogP contribution in [0.25, 0.3) is 0 Å². The number of hydrogen-bond acceptors (Lipinski definition) is 3.